The highest BCUT2D eigenvalue weighted by Gasteiger charge is 2.14. The van der Waals surface area contributed by atoms with Crippen LogP contribution in [0.1, 0.15) is 36.7 Å². The van der Waals surface area contributed by atoms with Crippen molar-refractivity contribution in [2.75, 3.05) is 5.32 Å². The predicted octanol–water partition coefficient (Wildman–Crippen LogP) is 3.38. The summed E-state index contributed by atoms with van der Waals surface area (Å²) in [4.78, 5) is 12.0. The zero-order chi connectivity index (χ0) is 14.7. The third kappa shape index (κ3) is 3.01. The molecule has 0 spiro atoms. The maximum absolute atomic E-state index is 13.1. The third-order valence-corrected chi connectivity index (χ3v) is 3.04. The maximum atomic E-state index is 13.1. The number of halogens is 2. The Morgan fingerprint density at radius 1 is 1.35 bits per heavy atom. The van der Waals surface area contributed by atoms with E-state index < -0.39 is 17.5 Å². The van der Waals surface area contributed by atoms with Crippen LogP contribution in [0, 0.1) is 11.6 Å². The first-order chi connectivity index (χ1) is 9.51. The van der Waals surface area contributed by atoms with Gasteiger partial charge in [-0.25, -0.2) is 13.5 Å². The fraction of sp³-hybridized carbons (Fsp3) is 0.286. The van der Waals surface area contributed by atoms with Crippen LogP contribution in [0.15, 0.2) is 30.5 Å². The lowest BCUT2D eigenvalue weighted by Crippen LogP contribution is -2.17. The summed E-state index contributed by atoms with van der Waals surface area (Å²) in [6.45, 7) is 3.96. The largest absolute Gasteiger partial charge is 0.307 e. The van der Waals surface area contributed by atoms with E-state index in [1.165, 1.54) is 0 Å². The number of aromatic nitrogens is 2. The molecule has 0 aliphatic rings. The first-order valence-electron chi connectivity index (χ1n) is 6.32. The first-order valence-corrected chi connectivity index (χ1v) is 6.32. The molecule has 0 unspecified atom stereocenters. The Balaban J connectivity index is 2.22. The highest BCUT2D eigenvalue weighted by atomic mass is 19.1. The smallest absolute Gasteiger partial charge is 0.257 e. The van der Waals surface area contributed by atoms with Crippen molar-refractivity contribution < 1.29 is 13.6 Å². The van der Waals surface area contributed by atoms with Gasteiger partial charge in [-0.3, -0.25) is 4.79 Å². The molecule has 106 valence electrons. The molecule has 0 bridgehead atoms. The van der Waals surface area contributed by atoms with Gasteiger partial charge in [-0.05, 0) is 25.5 Å². The summed E-state index contributed by atoms with van der Waals surface area (Å²) in [5.41, 5.74) is -0.0700. The maximum Gasteiger partial charge on any atom is 0.257 e. The Hall–Kier alpha value is -2.24. The van der Waals surface area contributed by atoms with Crippen LogP contribution in [0.25, 0.3) is 0 Å². The van der Waals surface area contributed by atoms with Crippen LogP contribution in [-0.2, 0) is 0 Å². The molecule has 1 atom stereocenters. The number of hydrogen-bond acceptors (Lipinski definition) is 2. The number of nitrogens with one attached hydrogen (secondary N) is 1. The standard InChI is InChI=1S/C14H15F2N3O/c1-3-9(2)19-13(4-5-17-19)18-14(20)10-6-11(15)8-12(16)7-10/h4-9H,3H2,1-2H3,(H,18,20)/t9-/m1/s1. The SMILES string of the molecule is CC[C@@H](C)n1nccc1NC(=O)c1cc(F)cc(F)c1. The van der Waals surface area contributed by atoms with E-state index >= 15 is 0 Å². The first kappa shape index (κ1) is 14.2. The second-order valence-electron chi connectivity index (χ2n) is 4.53. The number of benzene rings is 1. The number of anilines is 1. The molecule has 1 aromatic heterocycles. The molecule has 2 rings (SSSR count). The van der Waals surface area contributed by atoms with Crippen LogP contribution < -0.4 is 5.32 Å². The van der Waals surface area contributed by atoms with Crippen molar-refractivity contribution in [2.45, 2.75) is 26.3 Å². The minimum absolute atomic E-state index is 0.0700. The normalized spacial score (nSPS) is 12.2. The molecular weight excluding hydrogens is 264 g/mol. The number of amides is 1. The third-order valence-electron chi connectivity index (χ3n) is 3.04. The van der Waals surface area contributed by atoms with E-state index in [0.29, 0.717) is 5.82 Å². The second-order valence-corrected chi connectivity index (χ2v) is 4.53. The zero-order valence-corrected chi connectivity index (χ0v) is 11.2. The van der Waals surface area contributed by atoms with E-state index in [4.69, 9.17) is 0 Å². The quantitative estimate of drug-likeness (QED) is 0.932. The minimum Gasteiger partial charge on any atom is -0.307 e. The zero-order valence-electron chi connectivity index (χ0n) is 11.2. The van der Waals surface area contributed by atoms with Crippen LogP contribution in [0.3, 0.4) is 0 Å². The molecule has 0 aliphatic carbocycles. The Bertz CT molecular complexity index is 604. The number of rotatable bonds is 4. The van der Waals surface area contributed by atoms with Crippen molar-refractivity contribution in [2.24, 2.45) is 0 Å². The molecule has 4 nitrogen and oxygen atoms in total. The summed E-state index contributed by atoms with van der Waals surface area (Å²) >= 11 is 0. The summed E-state index contributed by atoms with van der Waals surface area (Å²) < 4.78 is 27.8. The van der Waals surface area contributed by atoms with Gasteiger partial charge in [-0.15, -0.1) is 0 Å². The van der Waals surface area contributed by atoms with Crippen molar-refractivity contribution in [1.29, 1.82) is 0 Å². The fourth-order valence-corrected chi connectivity index (χ4v) is 1.81. The van der Waals surface area contributed by atoms with E-state index in [0.717, 1.165) is 24.6 Å². The summed E-state index contributed by atoms with van der Waals surface area (Å²) in [6.07, 6.45) is 2.41. The minimum atomic E-state index is -0.786. The molecule has 1 aromatic carbocycles. The van der Waals surface area contributed by atoms with Gasteiger partial charge in [-0.1, -0.05) is 6.92 Å². The molecule has 0 saturated carbocycles. The Morgan fingerprint density at radius 2 is 2.00 bits per heavy atom. The van der Waals surface area contributed by atoms with Gasteiger partial charge in [-0.2, -0.15) is 5.10 Å². The number of nitrogens with zero attached hydrogens (tertiary/aromatic N) is 2. The average molecular weight is 279 g/mol. The Kier molecular flexibility index (Phi) is 4.12. The van der Waals surface area contributed by atoms with Crippen LogP contribution in [0.2, 0.25) is 0 Å². The Labute approximate surface area is 115 Å². The molecule has 0 aliphatic heterocycles. The molecule has 0 radical (unpaired) electrons. The molecule has 6 heteroatoms. The van der Waals surface area contributed by atoms with Crippen LogP contribution in [0.5, 0.6) is 0 Å². The van der Waals surface area contributed by atoms with Crippen LogP contribution in [0.4, 0.5) is 14.6 Å². The van der Waals surface area contributed by atoms with E-state index in [1.54, 1.807) is 16.9 Å². The second kappa shape index (κ2) is 5.81. The molecule has 1 amide bonds. The van der Waals surface area contributed by atoms with Gasteiger partial charge in [0, 0.05) is 17.7 Å². The average Bonchev–Trinajstić information content (AvgIpc) is 2.84. The lowest BCUT2D eigenvalue weighted by Gasteiger charge is -2.14. The lowest BCUT2D eigenvalue weighted by atomic mass is 10.2. The van der Waals surface area contributed by atoms with Gasteiger partial charge >= 0.3 is 0 Å². The van der Waals surface area contributed by atoms with Gasteiger partial charge in [0.25, 0.3) is 5.91 Å². The van der Waals surface area contributed by atoms with E-state index in [-0.39, 0.29) is 11.6 Å². The lowest BCUT2D eigenvalue weighted by molar-refractivity contribution is 0.102. The summed E-state index contributed by atoms with van der Waals surface area (Å²) in [5, 5.41) is 6.73. The number of hydrogen-bond donors (Lipinski definition) is 1. The summed E-state index contributed by atoms with van der Waals surface area (Å²) in [6, 6.07) is 4.45. The van der Waals surface area contributed by atoms with Gasteiger partial charge in [0.05, 0.1) is 12.2 Å². The highest BCUT2D eigenvalue weighted by Crippen LogP contribution is 2.17. The van der Waals surface area contributed by atoms with Crippen molar-refractivity contribution in [3.8, 4) is 0 Å². The number of carbonyl (C=O) groups excluding carboxylic acids is 1. The molecule has 20 heavy (non-hydrogen) atoms. The van der Waals surface area contributed by atoms with Gasteiger partial charge in [0.2, 0.25) is 0 Å². The molecule has 1 heterocycles. The van der Waals surface area contributed by atoms with Gasteiger partial charge < -0.3 is 5.32 Å². The highest BCUT2D eigenvalue weighted by molar-refractivity contribution is 6.03. The molecular formula is C14H15F2N3O. The monoisotopic (exact) mass is 279 g/mol. The predicted molar refractivity (Wildman–Crippen MR) is 71.5 cm³/mol. The molecule has 0 fully saturated rings. The summed E-state index contributed by atoms with van der Waals surface area (Å²) in [7, 11) is 0. The topological polar surface area (TPSA) is 46.9 Å². The summed E-state index contributed by atoms with van der Waals surface area (Å²) in [5.74, 6) is -1.65. The molecule has 1 N–H and O–H groups in total. The van der Waals surface area contributed by atoms with Crippen molar-refractivity contribution in [3.05, 3.63) is 47.7 Å². The van der Waals surface area contributed by atoms with Crippen molar-refractivity contribution in [3.63, 3.8) is 0 Å². The number of carbonyl (C=O) groups is 1. The van der Waals surface area contributed by atoms with Gasteiger partial charge in [0.1, 0.15) is 17.5 Å². The fourth-order valence-electron chi connectivity index (χ4n) is 1.81. The molecule has 0 saturated heterocycles. The van der Waals surface area contributed by atoms with Crippen molar-refractivity contribution in [1.82, 2.24) is 9.78 Å². The van der Waals surface area contributed by atoms with Crippen molar-refractivity contribution >= 4 is 11.7 Å². The van der Waals surface area contributed by atoms with Crippen LogP contribution in [-0.4, -0.2) is 15.7 Å². The van der Waals surface area contributed by atoms with E-state index in [9.17, 15) is 13.6 Å². The van der Waals surface area contributed by atoms with E-state index in [2.05, 4.69) is 10.4 Å². The molecule has 2 aromatic rings. The van der Waals surface area contributed by atoms with Crippen LogP contribution >= 0.6 is 0 Å². The van der Waals surface area contributed by atoms with Gasteiger partial charge in [0.15, 0.2) is 0 Å². The Morgan fingerprint density at radius 3 is 2.60 bits per heavy atom. The van der Waals surface area contributed by atoms with E-state index in [1.807, 2.05) is 13.8 Å².